The molecule has 1 aliphatic rings. The number of ketones is 1. The van der Waals surface area contributed by atoms with E-state index in [0.717, 1.165) is 11.3 Å². The largest absolute Gasteiger partial charge is 0.485 e. The highest BCUT2D eigenvalue weighted by Gasteiger charge is 2.30. The molecule has 0 N–H and O–H groups in total. The molecule has 19 heavy (non-hydrogen) atoms. The van der Waals surface area contributed by atoms with Gasteiger partial charge in [0.05, 0.1) is 9.90 Å². The van der Waals surface area contributed by atoms with Crippen molar-refractivity contribution in [2.45, 2.75) is 6.10 Å². The van der Waals surface area contributed by atoms with Crippen LogP contribution in [0.3, 0.4) is 0 Å². The zero-order chi connectivity index (χ0) is 13.4. The lowest BCUT2D eigenvalue weighted by atomic mass is 10.1. The third-order valence-corrected chi connectivity index (χ3v) is 4.21. The third-order valence-electron chi connectivity index (χ3n) is 2.72. The monoisotopic (exact) mass is 314 g/mol. The van der Waals surface area contributed by atoms with Gasteiger partial charge in [0.2, 0.25) is 5.78 Å². The first-order valence-electron chi connectivity index (χ1n) is 5.52. The number of hydrogen-bond acceptors (Lipinski definition) is 4. The van der Waals surface area contributed by atoms with Crippen LogP contribution in [0.5, 0.6) is 11.5 Å². The molecular formula is C13H8Cl2O3S. The first-order chi connectivity index (χ1) is 9.15. The van der Waals surface area contributed by atoms with Gasteiger partial charge < -0.3 is 9.47 Å². The summed E-state index contributed by atoms with van der Waals surface area (Å²) in [5.74, 6) is 0.980. The van der Waals surface area contributed by atoms with Gasteiger partial charge in [-0.1, -0.05) is 35.3 Å². The van der Waals surface area contributed by atoms with Gasteiger partial charge in [0.1, 0.15) is 10.9 Å². The summed E-state index contributed by atoms with van der Waals surface area (Å²) in [6, 6.07) is 8.78. The van der Waals surface area contributed by atoms with E-state index in [1.54, 1.807) is 18.2 Å². The van der Waals surface area contributed by atoms with Crippen molar-refractivity contribution in [1.29, 1.82) is 0 Å². The van der Waals surface area contributed by atoms with E-state index in [1.165, 1.54) is 0 Å². The lowest BCUT2D eigenvalue weighted by Gasteiger charge is -2.25. The van der Waals surface area contributed by atoms with E-state index in [2.05, 4.69) is 0 Å². The highest BCUT2D eigenvalue weighted by Crippen LogP contribution is 2.35. The van der Waals surface area contributed by atoms with E-state index < -0.39 is 6.10 Å². The number of fused-ring (bicyclic) bond motifs is 1. The maximum absolute atomic E-state index is 12.3. The summed E-state index contributed by atoms with van der Waals surface area (Å²) in [6.07, 6.45) is -0.696. The molecule has 98 valence electrons. The van der Waals surface area contributed by atoms with Crippen LogP contribution in [-0.4, -0.2) is 18.5 Å². The zero-order valence-corrected chi connectivity index (χ0v) is 11.9. The second-order valence-corrected chi connectivity index (χ2v) is 6.25. The van der Waals surface area contributed by atoms with Crippen LogP contribution in [0.25, 0.3) is 0 Å². The number of thiophene rings is 1. The van der Waals surface area contributed by atoms with Crippen molar-refractivity contribution < 1.29 is 14.3 Å². The minimum atomic E-state index is -0.696. The molecule has 1 aromatic heterocycles. The summed E-state index contributed by atoms with van der Waals surface area (Å²) in [5.41, 5.74) is 0.379. The number of carbonyl (C=O) groups is 1. The molecule has 0 fully saturated rings. The van der Waals surface area contributed by atoms with Crippen molar-refractivity contribution in [2.75, 3.05) is 6.61 Å². The topological polar surface area (TPSA) is 35.5 Å². The fourth-order valence-electron chi connectivity index (χ4n) is 1.83. The molecule has 0 amide bonds. The van der Waals surface area contributed by atoms with Gasteiger partial charge in [-0.25, -0.2) is 0 Å². The van der Waals surface area contributed by atoms with E-state index in [1.807, 2.05) is 12.1 Å². The van der Waals surface area contributed by atoms with Crippen LogP contribution >= 0.6 is 34.5 Å². The van der Waals surface area contributed by atoms with Gasteiger partial charge in [0.15, 0.2) is 17.6 Å². The fourth-order valence-corrected chi connectivity index (χ4v) is 3.30. The maximum atomic E-state index is 12.3. The second kappa shape index (κ2) is 5.04. The molecular weight excluding hydrogens is 307 g/mol. The number of ether oxygens (including phenoxy) is 2. The van der Waals surface area contributed by atoms with Crippen LogP contribution in [0.1, 0.15) is 10.4 Å². The number of halogens is 2. The summed E-state index contributed by atoms with van der Waals surface area (Å²) in [4.78, 5) is 12.3. The molecule has 1 aromatic carbocycles. The van der Waals surface area contributed by atoms with Crippen molar-refractivity contribution in [3.8, 4) is 11.5 Å². The Kier molecular flexibility index (Phi) is 3.39. The number of carbonyl (C=O) groups excluding carboxylic acids is 1. The fraction of sp³-hybridized carbons (Fsp3) is 0.154. The minimum Gasteiger partial charge on any atom is -0.485 e. The van der Waals surface area contributed by atoms with E-state index in [0.29, 0.717) is 25.7 Å². The van der Waals surface area contributed by atoms with Crippen LogP contribution in [-0.2, 0) is 0 Å². The highest BCUT2D eigenvalue weighted by molar-refractivity contribution is 7.20. The minimum absolute atomic E-state index is 0.166. The van der Waals surface area contributed by atoms with Crippen LogP contribution < -0.4 is 9.47 Å². The lowest BCUT2D eigenvalue weighted by Crippen LogP contribution is -2.36. The maximum Gasteiger partial charge on any atom is 0.209 e. The Bertz CT molecular complexity index is 639. The number of rotatable bonds is 2. The molecule has 0 saturated heterocycles. The first-order valence-corrected chi connectivity index (χ1v) is 7.10. The molecule has 0 radical (unpaired) electrons. The van der Waals surface area contributed by atoms with E-state index in [-0.39, 0.29) is 12.4 Å². The predicted octanol–water partition coefficient (Wildman–Crippen LogP) is 4.08. The number of hydrogen-bond donors (Lipinski definition) is 0. The predicted molar refractivity (Wildman–Crippen MR) is 75.0 cm³/mol. The number of benzene rings is 1. The quantitative estimate of drug-likeness (QED) is 0.784. The second-order valence-electron chi connectivity index (χ2n) is 3.97. The molecule has 2 heterocycles. The molecule has 0 saturated carbocycles. The molecule has 6 heteroatoms. The Morgan fingerprint density at radius 3 is 2.68 bits per heavy atom. The summed E-state index contributed by atoms with van der Waals surface area (Å²) >= 11 is 13.0. The Labute approximate surface area is 123 Å². The third kappa shape index (κ3) is 2.43. The Morgan fingerprint density at radius 2 is 2.00 bits per heavy atom. The molecule has 3 rings (SSSR count). The van der Waals surface area contributed by atoms with Gasteiger partial charge in [-0.15, -0.1) is 11.3 Å². The van der Waals surface area contributed by atoms with Crippen molar-refractivity contribution in [1.82, 2.24) is 0 Å². The van der Waals surface area contributed by atoms with Gasteiger partial charge in [-0.2, -0.15) is 0 Å². The zero-order valence-electron chi connectivity index (χ0n) is 9.56. The summed E-state index contributed by atoms with van der Waals surface area (Å²) in [6.45, 7) is 0.166. The van der Waals surface area contributed by atoms with Crippen LogP contribution in [0, 0.1) is 0 Å². The molecule has 2 aromatic rings. The summed E-state index contributed by atoms with van der Waals surface area (Å²) in [7, 11) is 0. The Balaban J connectivity index is 1.85. The molecule has 3 nitrogen and oxygen atoms in total. The van der Waals surface area contributed by atoms with E-state index >= 15 is 0 Å². The van der Waals surface area contributed by atoms with Gasteiger partial charge in [0, 0.05) is 0 Å². The van der Waals surface area contributed by atoms with Crippen molar-refractivity contribution >= 4 is 40.3 Å². The molecule has 1 unspecified atom stereocenters. The van der Waals surface area contributed by atoms with Gasteiger partial charge in [-0.3, -0.25) is 4.79 Å². The summed E-state index contributed by atoms with van der Waals surface area (Å²) in [5, 5.41) is 0. The lowest BCUT2D eigenvalue weighted by molar-refractivity contribution is 0.0586. The SMILES string of the molecule is O=C(c1cc(Cl)sc1Cl)C1COc2ccccc2O1. The van der Waals surface area contributed by atoms with E-state index in [4.69, 9.17) is 32.7 Å². The smallest absolute Gasteiger partial charge is 0.209 e. The number of para-hydroxylation sites is 2. The highest BCUT2D eigenvalue weighted by atomic mass is 35.5. The average molecular weight is 315 g/mol. The van der Waals surface area contributed by atoms with Crippen molar-refractivity contribution in [3.05, 3.63) is 44.6 Å². The van der Waals surface area contributed by atoms with Crippen LogP contribution in [0.2, 0.25) is 8.67 Å². The van der Waals surface area contributed by atoms with Crippen LogP contribution in [0.15, 0.2) is 30.3 Å². The normalized spacial score (nSPS) is 17.3. The van der Waals surface area contributed by atoms with Crippen LogP contribution in [0.4, 0.5) is 0 Å². The average Bonchev–Trinajstić information content (AvgIpc) is 2.76. The standard InChI is InChI=1S/C13H8Cl2O3S/c14-11-5-7(13(15)19-11)12(16)10-6-17-8-3-1-2-4-9(8)18-10/h1-5,10H,6H2. The molecule has 1 aliphatic heterocycles. The Hall–Kier alpha value is -1.23. The number of Topliss-reactive ketones (excluding diaryl/α,β-unsaturated/α-hetero) is 1. The molecule has 0 aliphatic carbocycles. The molecule has 1 atom stereocenters. The van der Waals surface area contributed by atoms with Crippen molar-refractivity contribution in [3.63, 3.8) is 0 Å². The first kappa shape index (κ1) is 12.8. The van der Waals surface area contributed by atoms with Gasteiger partial charge in [0.25, 0.3) is 0 Å². The van der Waals surface area contributed by atoms with Gasteiger partial charge in [-0.05, 0) is 18.2 Å². The van der Waals surface area contributed by atoms with Gasteiger partial charge >= 0.3 is 0 Å². The Morgan fingerprint density at radius 1 is 1.26 bits per heavy atom. The summed E-state index contributed by atoms with van der Waals surface area (Å²) < 4.78 is 12.0. The molecule has 0 spiro atoms. The van der Waals surface area contributed by atoms with E-state index in [9.17, 15) is 4.79 Å². The van der Waals surface area contributed by atoms with Crippen molar-refractivity contribution in [2.24, 2.45) is 0 Å². The molecule has 0 bridgehead atoms.